The van der Waals surface area contributed by atoms with Gasteiger partial charge in [-0.1, -0.05) is 24.3 Å². The van der Waals surface area contributed by atoms with Crippen molar-refractivity contribution in [3.05, 3.63) is 35.4 Å². The molecule has 2 unspecified atom stereocenters. The van der Waals surface area contributed by atoms with E-state index in [-0.39, 0.29) is 6.10 Å². The lowest BCUT2D eigenvalue weighted by Crippen LogP contribution is -2.45. The number of benzene rings is 1. The van der Waals surface area contributed by atoms with Crippen molar-refractivity contribution in [1.29, 1.82) is 0 Å². The highest BCUT2D eigenvalue weighted by molar-refractivity contribution is 5.29. The molecule has 1 aromatic rings. The normalized spacial score (nSPS) is 30.3. The average molecular weight is 218 g/mol. The van der Waals surface area contributed by atoms with E-state index >= 15 is 0 Å². The summed E-state index contributed by atoms with van der Waals surface area (Å²) in [6.45, 7) is 3.71. The molecule has 0 aliphatic carbocycles. The van der Waals surface area contributed by atoms with Crippen LogP contribution in [-0.4, -0.2) is 41.8 Å². The molecule has 3 rings (SSSR count). The predicted molar refractivity (Wildman–Crippen MR) is 63.2 cm³/mol. The molecule has 0 amide bonds. The maximum Gasteiger partial charge on any atom is 0.0831 e. The van der Waals surface area contributed by atoms with E-state index in [4.69, 9.17) is 0 Å². The number of nitrogens with one attached hydrogen (secondary N) is 1. The van der Waals surface area contributed by atoms with E-state index < -0.39 is 0 Å². The van der Waals surface area contributed by atoms with Gasteiger partial charge in [0.05, 0.1) is 6.10 Å². The molecule has 0 spiro atoms. The molecule has 0 saturated carbocycles. The highest BCUT2D eigenvalue weighted by atomic mass is 16.3. The minimum atomic E-state index is -0.203. The van der Waals surface area contributed by atoms with E-state index in [1.165, 1.54) is 11.1 Å². The van der Waals surface area contributed by atoms with Crippen LogP contribution in [0.15, 0.2) is 24.3 Å². The number of rotatable bonds is 1. The zero-order valence-electron chi connectivity index (χ0n) is 9.39. The summed E-state index contributed by atoms with van der Waals surface area (Å²) in [6, 6.07) is 8.94. The van der Waals surface area contributed by atoms with Crippen molar-refractivity contribution in [1.82, 2.24) is 10.2 Å². The molecule has 0 radical (unpaired) electrons. The van der Waals surface area contributed by atoms with Crippen molar-refractivity contribution in [2.75, 3.05) is 19.6 Å². The van der Waals surface area contributed by atoms with E-state index in [0.717, 1.165) is 32.6 Å². The summed E-state index contributed by atoms with van der Waals surface area (Å²) in [4.78, 5) is 2.41. The average Bonchev–Trinajstić information content (AvgIpc) is 2.75. The molecule has 2 aliphatic heterocycles. The Kier molecular flexibility index (Phi) is 2.67. The van der Waals surface area contributed by atoms with Gasteiger partial charge in [-0.25, -0.2) is 0 Å². The Hall–Kier alpha value is -0.900. The first-order valence-corrected chi connectivity index (χ1v) is 6.04. The quantitative estimate of drug-likeness (QED) is 0.715. The van der Waals surface area contributed by atoms with Gasteiger partial charge in [-0.15, -0.1) is 0 Å². The number of hydrogen-bond donors (Lipinski definition) is 2. The first-order chi connectivity index (χ1) is 7.84. The van der Waals surface area contributed by atoms with Gasteiger partial charge in [0.25, 0.3) is 0 Å². The summed E-state index contributed by atoms with van der Waals surface area (Å²) in [5.41, 5.74) is 2.90. The Labute approximate surface area is 96.1 Å². The van der Waals surface area contributed by atoms with Crippen LogP contribution < -0.4 is 5.32 Å². The summed E-state index contributed by atoms with van der Waals surface area (Å²) in [7, 11) is 0. The minimum absolute atomic E-state index is 0.203. The molecule has 0 aromatic heterocycles. The van der Waals surface area contributed by atoms with Crippen LogP contribution in [-0.2, 0) is 13.0 Å². The topological polar surface area (TPSA) is 35.5 Å². The molecule has 3 heteroatoms. The number of β-amino-alcohol motifs (C(OH)–C–C–N with tert-alkyl or cyclic N) is 1. The molecule has 1 saturated heterocycles. The Morgan fingerprint density at radius 3 is 2.75 bits per heavy atom. The first kappa shape index (κ1) is 10.3. The van der Waals surface area contributed by atoms with E-state index in [0.29, 0.717) is 6.04 Å². The van der Waals surface area contributed by atoms with Crippen LogP contribution >= 0.6 is 0 Å². The summed E-state index contributed by atoms with van der Waals surface area (Å²) < 4.78 is 0. The molecule has 1 aromatic carbocycles. The SMILES string of the molecule is OC1CNCC1N1CCc2ccccc2C1. The van der Waals surface area contributed by atoms with Crippen LogP contribution in [0.4, 0.5) is 0 Å². The molecule has 16 heavy (non-hydrogen) atoms. The van der Waals surface area contributed by atoms with Gasteiger partial charge in [0.15, 0.2) is 0 Å². The Bertz CT molecular complexity index is 380. The largest absolute Gasteiger partial charge is 0.390 e. The van der Waals surface area contributed by atoms with Crippen LogP contribution in [0, 0.1) is 0 Å². The van der Waals surface area contributed by atoms with Gasteiger partial charge in [0.1, 0.15) is 0 Å². The van der Waals surface area contributed by atoms with E-state index in [1.54, 1.807) is 0 Å². The molecular formula is C13H18N2O. The monoisotopic (exact) mass is 218 g/mol. The molecule has 2 N–H and O–H groups in total. The fraction of sp³-hybridized carbons (Fsp3) is 0.538. The fourth-order valence-electron chi connectivity index (χ4n) is 2.82. The molecule has 3 nitrogen and oxygen atoms in total. The van der Waals surface area contributed by atoms with Crippen LogP contribution in [0.2, 0.25) is 0 Å². The lowest BCUT2D eigenvalue weighted by atomic mass is 9.98. The van der Waals surface area contributed by atoms with Crippen LogP contribution in [0.3, 0.4) is 0 Å². The molecule has 2 heterocycles. The molecule has 2 atom stereocenters. The van der Waals surface area contributed by atoms with Crippen LogP contribution in [0.25, 0.3) is 0 Å². The van der Waals surface area contributed by atoms with Crippen molar-refractivity contribution in [3.8, 4) is 0 Å². The number of aliphatic hydroxyl groups excluding tert-OH is 1. The summed E-state index contributed by atoms with van der Waals surface area (Å²) in [6.07, 6.45) is 0.907. The smallest absolute Gasteiger partial charge is 0.0831 e. The van der Waals surface area contributed by atoms with Crippen molar-refractivity contribution in [3.63, 3.8) is 0 Å². The van der Waals surface area contributed by atoms with Gasteiger partial charge in [-0.2, -0.15) is 0 Å². The van der Waals surface area contributed by atoms with Crippen molar-refractivity contribution >= 4 is 0 Å². The third-order valence-electron chi connectivity index (χ3n) is 3.78. The number of nitrogens with zero attached hydrogens (tertiary/aromatic N) is 1. The van der Waals surface area contributed by atoms with Crippen LogP contribution in [0.1, 0.15) is 11.1 Å². The lowest BCUT2D eigenvalue weighted by Gasteiger charge is -2.34. The maximum atomic E-state index is 9.89. The molecule has 0 bridgehead atoms. The second-order valence-electron chi connectivity index (χ2n) is 4.78. The van der Waals surface area contributed by atoms with Gasteiger partial charge in [0, 0.05) is 32.2 Å². The van der Waals surface area contributed by atoms with Gasteiger partial charge in [-0.3, -0.25) is 4.90 Å². The van der Waals surface area contributed by atoms with Gasteiger partial charge < -0.3 is 10.4 Å². The third-order valence-corrected chi connectivity index (χ3v) is 3.78. The van der Waals surface area contributed by atoms with Gasteiger partial charge in [-0.05, 0) is 17.5 Å². The minimum Gasteiger partial charge on any atom is -0.390 e. The Balaban J connectivity index is 1.77. The molecule has 1 fully saturated rings. The maximum absolute atomic E-state index is 9.89. The van der Waals surface area contributed by atoms with Crippen molar-refractivity contribution in [2.24, 2.45) is 0 Å². The fourth-order valence-corrected chi connectivity index (χ4v) is 2.82. The van der Waals surface area contributed by atoms with E-state index in [9.17, 15) is 5.11 Å². The standard InChI is InChI=1S/C13H18N2O/c16-13-8-14-7-12(13)15-6-5-10-3-1-2-4-11(10)9-15/h1-4,12-14,16H,5-9H2. The molecule has 2 aliphatic rings. The second-order valence-corrected chi connectivity index (χ2v) is 4.78. The highest BCUT2D eigenvalue weighted by Crippen LogP contribution is 2.22. The number of aliphatic hydroxyl groups is 1. The number of hydrogen-bond acceptors (Lipinski definition) is 3. The summed E-state index contributed by atoms with van der Waals surface area (Å²) in [5, 5.41) is 13.1. The highest BCUT2D eigenvalue weighted by Gasteiger charge is 2.32. The lowest BCUT2D eigenvalue weighted by molar-refractivity contribution is 0.0747. The predicted octanol–water partition coefficient (Wildman–Crippen LogP) is 0.377. The first-order valence-electron chi connectivity index (χ1n) is 6.04. The molecular weight excluding hydrogens is 200 g/mol. The second kappa shape index (κ2) is 4.17. The van der Waals surface area contributed by atoms with Gasteiger partial charge in [0.2, 0.25) is 0 Å². The van der Waals surface area contributed by atoms with E-state index in [1.807, 2.05) is 0 Å². The third kappa shape index (κ3) is 1.75. The summed E-state index contributed by atoms with van der Waals surface area (Å²) in [5.74, 6) is 0. The van der Waals surface area contributed by atoms with Crippen molar-refractivity contribution in [2.45, 2.75) is 25.1 Å². The Morgan fingerprint density at radius 1 is 1.19 bits per heavy atom. The van der Waals surface area contributed by atoms with E-state index in [2.05, 4.69) is 34.5 Å². The van der Waals surface area contributed by atoms with Crippen molar-refractivity contribution < 1.29 is 5.11 Å². The zero-order chi connectivity index (χ0) is 11.0. The summed E-state index contributed by atoms with van der Waals surface area (Å²) >= 11 is 0. The van der Waals surface area contributed by atoms with Gasteiger partial charge >= 0.3 is 0 Å². The van der Waals surface area contributed by atoms with Crippen LogP contribution in [0.5, 0.6) is 0 Å². The zero-order valence-corrected chi connectivity index (χ0v) is 9.39. The number of fused-ring (bicyclic) bond motifs is 1. The molecule has 86 valence electrons. The Morgan fingerprint density at radius 2 is 2.00 bits per heavy atom.